The van der Waals surface area contributed by atoms with E-state index in [-0.39, 0.29) is 16.6 Å². The Kier molecular flexibility index (Phi) is 3.10. The van der Waals surface area contributed by atoms with Crippen molar-refractivity contribution in [2.75, 3.05) is 0 Å². The van der Waals surface area contributed by atoms with Crippen LogP contribution < -0.4 is 0 Å². The lowest BCUT2D eigenvalue weighted by Gasteiger charge is -2.58. The van der Waals surface area contributed by atoms with Crippen molar-refractivity contribution in [3.8, 4) is 0 Å². The molecule has 0 aromatic carbocycles. The molecular formula is C20H28O3. The molecular weight excluding hydrogens is 288 g/mol. The van der Waals surface area contributed by atoms with Gasteiger partial charge in [-0.3, -0.25) is 4.79 Å². The van der Waals surface area contributed by atoms with Crippen LogP contribution in [0.4, 0.5) is 0 Å². The van der Waals surface area contributed by atoms with Crippen LogP contribution in [0.5, 0.6) is 0 Å². The summed E-state index contributed by atoms with van der Waals surface area (Å²) in [5.41, 5.74) is 0.0777. The van der Waals surface area contributed by atoms with E-state index in [1.807, 2.05) is 13.0 Å². The molecule has 3 heteroatoms. The van der Waals surface area contributed by atoms with Gasteiger partial charge < -0.3 is 10.2 Å². The SMILES string of the molecule is C[C@]12C=CC(=O)C=C1[C@H](O)C[C@@H]1[C@@H]2CC[C@@]2(C)[C@H]1CC[C@]2(C)O. The van der Waals surface area contributed by atoms with Gasteiger partial charge in [0.25, 0.3) is 0 Å². The second-order valence-corrected chi connectivity index (χ2v) is 9.02. The van der Waals surface area contributed by atoms with Crippen LogP contribution >= 0.6 is 0 Å². The number of hydrogen-bond acceptors (Lipinski definition) is 3. The summed E-state index contributed by atoms with van der Waals surface area (Å²) in [6, 6.07) is 0. The van der Waals surface area contributed by atoms with E-state index in [0.717, 1.165) is 37.7 Å². The van der Waals surface area contributed by atoms with Gasteiger partial charge in [0.05, 0.1) is 11.7 Å². The second-order valence-electron chi connectivity index (χ2n) is 9.02. The van der Waals surface area contributed by atoms with Gasteiger partial charge in [-0.15, -0.1) is 0 Å². The maximum atomic E-state index is 11.8. The van der Waals surface area contributed by atoms with Crippen molar-refractivity contribution in [1.29, 1.82) is 0 Å². The molecule has 23 heavy (non-hydrogen) atoms. The molecule has 4 rings (SSSR count). The number of hydrogen-bond donors (Lipinski definition) is 2. The molecule has 0 aliphatic heterocycles. The van der Waals surface area contributed by atoms with Crippen molar-refractivity contribution < 1.29 is 15.0 Å². The number of aliphatic hydroxyl groups excluding tert-OH is 1. The molecule has 0 spiro atoms. The maximum absolute atomic E-state index is 11.8. The molecule has 0 bridgehead atoms. The fourth-order valence-corrected chi connectivity index (χ4v) is 6.49. The van der Waals surface area contributed by atoms with Gasteiger partial charge in [0.2, 0.25) is 0 Å². The molecule has 0 aromatic heterocycles. The Morgan fingerprint density at radius 1 is 1.13 bits per heavy atom. The van der Waals surface area contributed by atoms with Crippen molar-refractivity contribution in [2.45, 2.75) is 64.6 Å². The van der Waals surface area contributed by atoms with E-state index in [4.69, 9.17) is 0 Å². The van der Waals surface area contributed by atoms with E-state index < -0.39 is 11.7 Å². The first-order chi connectivity index (χ1) is 10.7. The van der Waals surface area contributed by atoms with E-state index in [0.29, 0.717) is 17.8 Å². The van der Waals surface area contributed by atoms with E-state index in [2.05, 4.69) is 13.8 Å². The van der Waals surface area contributed by atoms with Crippen LogP contribution in [0.2, 0.25) is 0 Å². The Labute approximate surface area is 138 Å². The summed E-state index contributed by atoms with van der Waals surface area (Å²) in [6.45, 7) is 6.44. The van der Waals surface area contributed by atoms with Crippen molar-refractivity contribution in [1.82, 2.24) is 0 Å². The first-order valence-corrected chi connectivity index (χ1v) is 9.05. The van der Waals surface area contributed by atoms with Crippen molar-refractivity contribution in [3.05, 3.63) is 23.8 Å². The molecule has 0 heterocycles. The van der Waals surface area contributed by atoms with E-state index in [1.54, 1.807) is 12.2 Å². The lowest BCUT2D eigenvalue weighted by Crippen LogP contribution is -2.55. The van der Waals surface area contributed by atoms with Gasteiger partial charge in [-0.25, -0.2) is 0 Å². The summed E-state index contributed by atoms with van der Waals surface area (Å²) in [7, 11) is 0. The highest BCUT2D eigenvalue weighted by molar-refractivity contribution is 6.01. The summed E-state index contributed by atoms with van der Waals surface area (Å²) < 4.78 is 0. The van der Waals surface area contributed by atoms with Crippen molar-refractivity contribution in [2.24, 2.45) is 28.6 Å². The second kappa shape index (κ2) is 4.58. The normalized spacial score (nSPS) is 55.0. The van der Waals surface area contributed by atoms with Gasteiger partial charge in [-0.2, -0.15) is 0 Å². The molecule has 3 fully saturated rings. The van der Waals surface area contributed by atoms with Crippen molar-refractivity contribution in [3.63, 3.8) is 0 Å². The van der Waals surface area contributed by atoms with Crippen LogP contribution in [-0.4, -0.2) is 27.7 Å². The molecule has 0 radical (unpaired) electrons. The van der Waals surface area contributed by atoms with E-state index in [1.165, 1.54) is 0 Å². The van der Waals surface area contributed by atoms with Crippen molar-refractivity contribution >= 4 is 5.78 Å². The highest BCUT2D eigenvalue weighted by Gasteiger charge is 2.63. The molecule has 4 aliphatic rings. The third-order valence-electron chi connectivity index (χ3n) is 8.14. The third-order valence-corrected chi connectivity index (χ3v) is 8.14. The molecule has 3 saturated carbocycles. The molecule has 0 unspecified atom stereocenters. The minimum Gasteiger partial charge on any atom is -0.390 e. The number of aliphatic hydroxyl groups is 2. The Morgan fingerprint density at radius 2 is 1.83 bits per heavy atom. The van der Waals surface area contributed by atoms with Gasteiger partial charge in [0.1, 0.15) is 0 Å². The first-order valence-electron chi connectivity index (χ1n) is 9.05. The fraction of sp³-hybridized carbons (Fsp3) is 0.750. The highest BCUT2D eigenvalue weighted by atomic mass is 16.3. The maximum Gasteiger partial charge on any atom is 0.178 e. The first kappa shape index (κ1) is 15.6. The number of fused-ring (bicyclic) bond motifs is 5. The van der Waals surface area contributed by atoms with Gasteiger partial charge >= 0.3 is 0 Å². The lowest BCUT2D eigenvalue weighted by molar-refractivity contribution is -0.122. The van der Waals surface area contributed by atoms with Gasteiger partial charge in [0.15, 0.2) is 5.78 Å². The van der Waals surface area contributed by atoms with Crippen LogP contribution in [0.25, 0.3) is 0 Å². The van der Waals surface area contributed by atoms with E-state index >= 15 is 0 Å². The standard InChI is InChI=1S/C20H28O3/c1-18-7-4-12(21)10-16(18)17(22)11-13-14(18)5-8-19(2)15(13)6-9-20(19,3)23/h4,7,10,13-15,17,22-23H,5-6,8-9,11H2,1-3H3/t13-,14+,15+,17-,18-,19+,20+/m1/s1. The molecule has 126 valence electrons. The monoisotopic (exact) mass is 316 g/mol. The number of rotatable bonds is 0. The largest absolute Gasteiger partial charge is 0.390 e. The van der Waals surface area contributed by atoms with Crippen LogP contribution in [0.3, 0.4) is 0 Å². The summed E-state index contributed by atoms with van der Waals surface area (Å²) in [5.74, 6) is 1.36. The van der Waals surface area contributed by atoms with Crippen LogP contribution in [0.15, 0.2) is 23.8 Å². The Bertz CT molecular complexity index is 616. The quantitative estimate of drug-likeness (QED) is 0.722. The molecule has 0 aromatic rings. The predicted molar refractivity (Wildman–Crippen MR) is 88.6 cm³/mol. The minimum atomic E-state index is -0.594. The van der Waals surface area contributed by atoms with Gasteiger partial charge in [-0.1, -0.05) is 19.9 Å². The molecule has 0 amide bonds. The smallest absolute Gasteiger partial charge is 0.178 e. The lowest BCUT2D eigenvalue weighted by atomic mass is 9.47. The summed E-state index contributed by atoms with van der Waals surface area (Å²) in [4.78, 5) is 11.8. The average Bonchev–Trinajstić information content (AvgIpc) is 2.72. The zero-order valence-corrected chi connectivity index (χ0v) is 14.4. The molecule has 7 atom stereocenters. The highest BCUT2D eigenvalue weighted by Crippen LogP contribution is 2.66. The molecule has 3 nitrogen and oxygen atoms in total. The Balaban J connectivity index is 1.75. The van der Waals surface area contributed by atoms with Gasteiger partial charge in [0, 0.05) is 5.41 Å². The number of ketones is 1. The van der Waals surface area contributed by atoms with Gasteiger partial charge in [-0.05, 0) is 79.9 Å². The van der Waals surface area contributed by atoms with Crippen LogP contribution in [0.1, 0.15) is 52.9 Å². The predicted octanol–water partition coefficient (Wildman–Crippen LogP) is 3.02. The molecule has 0 saturated heterocycles. The fourth-order valence-electron chi connectivity index (χ4n) is 6.49. The average molecular weight is 316 g/mol. The topological polar surface area (TPSA) is 57.5 Å². The minimum absolute atomic E-state index is 0.000535. The third kappa shape index (κ3) is 1.87. The number of allylic oxidation sites excluding steroid dienone is 3. The molecule has 2 N–H and O–H groups in total. The number of carbonyl (C=O) groups is 1. The van der Waals surface area contributed by atoms with Crippen LogP contribution in [-0.2, 0) is 4.79 Å². The zero-order chi connectivity index (χ0) is 16.6. The van der Waals surface area contributed by atoms with Crippen LogP contribution in [0, 0.1) is 28.6 Å². The Morgan fingerprint density at radius 3 is 2.57 bits per heavy atom. The number of carbonyl (C=O) groups excluding carboxylic acids is 1. The summed E-state index contributed by atoms with van der Waals surface area (Å²) in [5, 5.41) is 21.6. The van der Waals surface area contributed by atoms with E-state index in [9.17, 15) is 15.0 Å². The summed E-state index contributed by atoms with van der Waals surface area (Å²) in [6.07, 6.45) is 9.61. The molecule has 4 aliphatic carbocycles. The zero-order valence-electron chi connectivity index (χ0n) is 14.4. The summed E-state index contributed by atoms with van der Waals surface area (Å²) >= 11 is 0. The Hall–Kier alpha value is -0.930.